The monoisotopic (exact) mass is 283 g/mol. The lowest BCUT2D eigenvalue weighted by molar-refractivity contribution is -0.375. The van der Waals surface area contributed by atoms with Gasteiger partial charge in [-0.3, -0.25) is 0 Å². The lowest BCUT2D eigenvalue weighted by atomic mass is 9.76. The third-order valence-electron chi connectivity index (χ3n) is 5.29. The van der Waals surface area contributed by atoms with Gasteiger partial charge < -0.3 is 24.2 Å². The molecule has 4 fully saturated rings. The molecule has 0 aromatic heterocycles. The molecule has 114 valence electrons. The van der Waals surface area contributed by atoms with Gasteiger partial charge in [0.25, 0.3) is 0 Å². The van der Waals surface area contributed by atoms with Crippen LogP contribution in [0.4, 0.5) is 0 Å². The van der Waals surface area contributed by atoms with E-state index >= 15 is 0 Å². The first-order valence-electron chi connectivity index (χ1n) is 7.52. The second-order valence-corrected chi connectivity index (χ2v) is 6.06. The van der Waals surface area contributed by atoms with E-state index in [-0.39, 0.29) is 18.1 Å². The van der Waals surface area contributed by atoms with E-state index in [2.05, 4.69) is 25.3 Å². The Morgan fingerprint density at radius 1 is 1.45 bits per heavy atom. The second kappa shape index (κ2) is 5.07. The van der Waals surface area contributed by atoms with Crippen LogP contribution >= 0.6 is 0 Å². The zero-order chi connectivity index (χ0) is 14.5. The predicted molar refractivity (Wildman–Crippen MR) is 74.0 cm³/mol. The average Bonchev–Trinajstić information content (AvgIpc) is 2.71. The smallest absolute Gasteiger partial charge is 0.183 e. The quantitative estimate of drug-likeness (QED) is 0.762. The Morgan fingerprint density at radius 2 is 2.15 bits per heavy atom. The summed E-state index contributed by atoms with van der Waals surface area (Å²) in [4.78, 5) is 2.29. The van der Waals surface area contributed by atoms with E-state index in [1.807, 2.05) is 0 Å². The van der Waals surface area contributed by atoms with Gasteiger partial charge in [-0.1, -0.05) is 20.4 Å². The van der Waals surface area contributed by atoms with Gasteiger partial charge in [-0.05, 0) is 31.0 Å². The van der Waals surface area contributed by atoms with Gasteiger partial charge in [-0.15, -0.1) is 0 Å². The molecule has 0 aromatic rings. The van der Waals surface area contributed by atoms with E-state index in [4.69, 9.17) is 14.2 Å². The van der Waals surface area contributed by atoms with Crippen molar-refractivity contribution in [2.24, 2.45) is 11.8 Å². The van der Waals surface area contributed by atoms with Crippen LogP contribution in [0.2, 0.25) is 0 Å². The molecule has 3 heterocycles. The van der Waals surface area contributed by atoms with E-state index in [1.54, 1.807) is 7.11 Å². The minimum Gasteiger partial charge on any atom is -0.390 e. The lowest BCUT2D eigenvalue weighted by Gasteiger charge is -2.54. The van der Waals surface area contributed by atoms with Gasteiger partial charge in [0, 0.05) is 19.6 Å². The summed E-state index contributed by atoms with van der Waals surface area (Å²) in [5, 5.41) is 10.6. The molecular weight excluding hydrogens is 258 g/mol. The number of aliphatic hydroxyl groups is 1. The molecule has 1 aliphatic carbocycles. The highest BCUT2D eigenvalue weighted by Gasteiger charge is 2.68. The number of ether oxygens (including phenoxy) is 3. The van der Waals surface area contributed by atoms with Gasteiger partial charge in [-0.2, -0.15) is 0 Å². The molecule has 0 aromatic carbocycles. The molecule has 4 bridgehead atoms. The zero-order valence-electron chi connectivity index (χ0n) is 12.5. The van der Waals surface area contributed by atoms with E-state index in [9.17, 15) is 5.11 Å². The summed E-state index contributed by atoms with van der Waals surface area (Å²) in [5.41, 5.74) is 0.372. The Balaban J connectivity index is 1.94. The summed E-state index contributed by atoms with van der Waals surface area (Å²) in [6.07, 6.45) is -0.536. The summed E-state index contributed by atoms with van der Waals surface area (Å²) in [6.45, 7) is 11.0. The van der Waals surface area contributed by atoms with E-state index in [1.165, 1.54) is 0 Å². The van der Waals surface area contributed by atoms with Crippen LogP contribution in [0.25, 0.3) is 0 Å². The van der Waals surface area contributed by atoms with Gasteiger partial charge in [0.1, 0.15) is 5.60 Å². The Kier molecular flexibility index (Phi) is 3.67. The molecule has 3 aliphatic heterocycles. The molecule has 3 saturated heterocycles. The largest absolute Gasteiger partial charge is 0.390 e. The van der Waals surface area contributed by atoms with Crippen LogP contribution in [0.1, 0.15) is 20.3 Å². The number of nitrogens with zero attached hydrogens (tertiary/aromatic N) is 1. The summed E-state index contributed by atoms with van der Waals surface area (Å²) in [7, 11) is 1.66. The summed E-state index contributed by atoms with van der Waals surface area (Å²) in [5.74, 6) is 0.263. The highest BCUT2D eigenvalue weighted by molar-refractivity contribution is 5.25. The summed E-state index contributed by atoms with van der Waals surface area (Å²) < 4.78 is 17.4. The van der Waals surface area contributed by atoms with Crippen molar-refractivity contribution in [2.75, 3.05) is 26.7 Å². The molecule has 20 heavy (non-hydrogen) atoms. The van der Waals surface area contributed by atoms with Crippen molar-refractivity contribution in [1.29, 1.82) is 0 Å². The van der Waals surface area contributed by atoms with Crippen LogP contribution < -0.4 is 0 Å². The van der Waals surface area contributed by atoms with Crippen molar-refractivity contribution in [3.63, 3.8) is 0 Å². The fraction of sp³-hybridized carbons (Fsp3) is 0.867. The predicted octanol–water partition coefficient (Wildman–Crippen LogP) is 0.979. The van der Waals surface area contributed by atoms with E-state index in [0.717, 1.165) is 25.2 Å². The van der Waals surface area contributed by atoms with Gasteiger partial charge in [0.2, 0.25) is 0 Å². The maximum Gasteiger partial charge on any atom is 0.183 e. The van der Waals surface area contributed by atoms with Gasteiger partial charge in [0.15, 0.2) is 12.6 Å². The second-order valence-electron chi connectivity index (χ2n) is 6.06. The van der Waals surface area contributed by atoms with Crippen molar-refractivity contribution in [3.05, 3.63) is 12.2 Å². The van der Waals surface area contributed by atoms with Crippen LogP contribution in [-0.4, -0.2) is 61.0 Å². The first-order chi connectivity index (χ1) is 9.57. The van der Waals surface area contributed by atoms with Crippen LogP contribution in [0, 0.1) is 11.8 Å². The molecule has 5 heteroatoms. The van der Waals surface area contributed by atoms with Crippen molar-refractivity contribution in [1.82, 2.24) is 4.90 Å². The van der Waals surface area contributed by atoms with Crippen LogP contribution in [0.15, 0.2) is 12.2 Å². The average molecular weight is 283 g/mol. The van der Waals surface area contributed by atoms with Crippen molar-refractivity contribution in [3.8, 4) is 0 Å². The van der Waals surface area contributed by atoms with Crippen LogP contribution in [0.5, 0.6) is 0 Å². The molecule has 1 saturated carbocycles. The standard InChI is InChI=1S/C15H25NO4/c1-5-16(6-2)8-15-11(17)7-10-9(3)13(20-15)19-14(18-4)12(10)15/h10-14,17H,3,5-8H2,1-2,4H3/t10?,11-,12?,13?,14?,15?/m0/s1. The molecule has 1 N–H and O–H groups in total. The molecular formula is C15H25NO4. The number of aliphatic hydroxyl groups excluding tert-OH is 1. The molecule has 0 radical (unpaired) electrons. The fourth-order valence-electron chi connectivity index (χ4n) is 4.13. The Labute approximate surface area is 120 Å². The highest BCUT2D eigenvalue weighted by Crippen LogP contribution is 2.58. The van der Waals surface area contributed by atoms with Crippen LogP contribution in [0.3, 0.4) is 0 Å². The Bertz CT molecular complexity index is 397. The maximum atomic E-state index is 10.6. The first kappa shape index (κ1) is 14.5. The zero-order valence-corrected chi connectivity index (χ0v) is 12.5. The molecule has 4 aliphatic rings. The SMILES string of the molecule is C=C1C2OC(OC)C3C1C[C@H](O)C3(CN(CC)CC)O2. The molecule has 5 unspecified atom stereocenters. The first-order valence-corrected chi connectivity index (χ1v) is 7.52. The Morgan fingerprint density at radius 3 is 2.75 bits per heavy atom. The number of rotatable bonds is 5. The summed E-state index contributed by atoms with van der Waals surface area (Å²) >= 11 is 0. The number of methoxy groups -OCH3 is 1. The van der Waals surface area contributed by atoms with Gasteiger partial charge in [-0.25, -0.2) is 0 Å². The third-order valence-corrected chi connectivity index (χ3v) is 5.29. The number of likely N-dealkylation sites (N-methyl/N-ethyl adjacent to an activating group) is 1. The normalized spacial score (nSPS) is 46.5. The van der Waals surface area contributed by atoms with Crippen molar-refractivity contribution < 1.29 is 19.3 Å². The molecule has 4 rings (SSSR count). The Hall–Kier alpha value is -0.460. The van der Waals surface area contributed by atoms with Gasteiger partial charge in [0.05, 0.1) is 6.10 Å². The topological polar surface area (TPSA) is 51.2 Å². The van der Waals surface area contributed by atoms with E-state index < -0.39 is 18.0 Å². The number of hydrogen-bond acceptors (Lipinski definition) is 5. The maximum absolute atomic E-state index is 10.6. The van der Waals surface area contributed by atoms with Crippen molar-refractivity contribution in [2.45, 2.75) is 44.6 Å². The van der Waals surface area contributed by atoms with E-state index in [0.29, 0.717) is 6.42 Å². The minimum atomic E-state index is -0.582. The molecule has 0 amide bonds. The number of hydrogen-bond donors (Lipinski definition) is 1. The summed E-state index contributed by atoms with van der Waals surface area (Å²) in [6, 6.07) is 0. The van der Waals surface area contributed by atoms with Crippen LogP contribution in [-0.2, 0) is 14.2 Å². The van der Waals surface area contributed by atoms with Gasteiger partial charge >= 0.3 is 0 Å². The molecule has 0 spiro atoms. The highest BCUT2D eigenvalue weighted by atomic mass is 16.8. The molecule has 6 atom stereocenters. The third kappa shape index (κ3) is 1.81. The van der Waals surface area contributed by atoms with Crippen molar-refractivity contribution >= 4 is 0 Å². The molecule has 5 nitrogen and oxygen atoms in total. The number of fused-ring (bicyclic) bond motifs is 1. The lowest BCUT2D eigenvalue weighted by Crippen LogP contribution is -2.66. The fourth-order valence-corrected chi connectivity index (χ4v) is 4.13. The minimum absolute atomic E-state index is 0.0283.